The second-order valence-corrected chi connectivity index (χ2v) is 3.92. The average Bonchev–Trinajstić information content (AvgIpc) is 2.24. The minimum Gasteiger partial charge on any atom is -0.460 e. The predicted molar refractivity (Wildman–Crippen MR) is 61.6 cm³/mol. The number of nitrogens with two attached hydrogens (primary N) is 1. The van der Waals surface area contributed by atoms with Crippen molar-refractivity contribution in [2.24, 2.45) is 11.7 Å². The summed E-state index contributed by atoms with van der Waals surface area (Å²) in [7, 11) is 0. The van der Waals surface area contributed by atoms with Crippen LogP contribution in [0, 0.1) is 5.92 Å². The Morgan fingerprint density at radius 1 is 1.44 bits per heavy atom. The Morgan fingerprint density at radius 2 is 2.00 bits per heavy atom. The minimum absolute atomic E-state index is 0.0244. The fraction of sp³-hybridized carbons (Fsp3) is 0.636. The van der Waals surface area contributed by atoms with E-state index in [2.05, 4.69) is 11.9 Å². The third-order valence-electron chi connectivity index (χ3n) is 2.08. The highest BCUT2D eigenvalue weighted by atomic mass is 16.5. The maximum Gasteiger partial charge on any atom is 0.328 e. The van der Waals surface area contributed by atoms with Crippen molar-refractivity contribution in [1.29, 1.82) is 0 Å². The molecule has 0 aliphatic carbocycles. The molecule has 5 nitrogen and oxygen atoms in total. The monoisotopic (exact) mass is 228 g/mol. The number of hydrogen-bond donors (Lipinski definition) is 2. The molecular formula is C11H20N2O3. The maximum atomic E-state index is 11.5. The van der Waals surface area contributed by atoms with Gasteiger partial charge in [0.25, 0.3) is 0 Å². The van der Waals surface area contributed by atoms with Gasteiger partial charge in [0.05, 0.1) is 6.04 Å². The second kappa shape index (κ2) is 7.00. The smallest absolute Gasteiger partial charge is 0.328 e. The highest BCUT2D eigenvalue weighted by Crippen LogP contribution is 1.99. The van der Waals surface area contributed by atoms with Gasteiger partial charge in [-0.25, -0.2) is 4.79 Å². The molecule has 1 amide bonds. The maximum absolute atomic E-state index is 11.5. The van der Waals surface area contributed by atoms with Crippen molar-refractivity contribution < 1.29 is 14.3 Å². The van der Waals surface area contributed by atoms with Crippen LogP contribution < -0.4 is 11.1 Å². The van der Waals surface area contributed by atoms with Gasteiger partial charge in [-0.15, -0.1) is 0 Å². The Kier molecular flexibility index (Phi) is 6.41. The fourth-order valence-corrected chi connectivity index (χ4v) is 0.937. The number of nitrogens with one attached hydrogen (secondary N) is 1. The van der Waals surface area contributed by atoms with Gasteiger partial charge >= 0.3 is 5.97 Å². The Labute approximate surface area is 96.0 Å². The van der Waals surface area contributed by atoms with Crippen LogP contribution in [0.4, 0.5) is 0 Å². The van der Waals surface area contributed by atoms with Gasteiger partial charge in [0, 0.05) is 0 Å². The van der Waals surface area contributed by atoms with Crippen molar-refractivity contribution in [2.45, 2.75) is 32.9 Å². The molecule has 0 rings (SSSR count). The lowest BCUT2D eigenvalue weighted by atomic mass is 10.0. The Hall–Kier alpha value is -1.36. The van der Waals surface area contributed by atoms with Crippen molar-refractivity contribution in [1.82, 2.24) is 5.32 Å². The lowest BCUT2D eigenvalue weighted by Gasteiger charge is -2.18. The molecule has 0 saturated carbocycles. The van der Waals surface area contributed by atoms with Crippen LogP contribution in [0.25, 0.3) is 0 Å². The van der Waals surface area contributed by atoms with Crippen LogP contribution in [0.1, 0.15) is 20.8 Å². The van der Waals surface area contributed by atoms with Crippen LogP contribution in [-0.2, 0) is 14.3 Å². The number of carbonyl (C=O) groups excluding carboxylic acids is 2. The summed E-state index contributed by atoms with van der Waals surface area (Å²) >= 11 is 0. The molecule has 0 spiro atoms. The quantitative estimate of drug-likeness (QED) is 0.503. The molecule has 5 heteroatoms. The molecule has 0 aliphatic heterocycles. The summed E-state index contributed by atoms with van der Waals surface area (Å²) in [5.41, 5.74) is 5.63. The zero-order chi connectivity index (χ0) is 12.7. The Bertz CT molecular complexity index is 264. The van der Waals surface area contributed by atoms with E-state index in [9.17, 15) is 9.59 Å². The van der Waals surface area contributed by atoms with Gasteiger partial charge in [-0.05, 0) is 12.8 Å². The van der Waals surface area contributed by atoms with E-state index >= 15 is 0 Å². The van der Waals surface area contributed by atoms with Gasteiger partial charge in [0.15, 0.2) is 0 Å². The second-order valence-electron chi connectivity index (χ2n) is 3.92. The van der Waals surface area contributed by atoms with Crippen LogP contribution in [0.2, 0.25) is 0 Å². The molecule has 2 atom stereocenters. The molecule has 0 unspecified atom stereocenters. The minimum atomic E-state index is -0.697. The third kappa shape index (κ3) is 4.93. The Balaban J connectivity index is 4.13. The van der Waals surface area contributed by atoms with Crippen molar-refractivity contribution in [3.8, 4) is 0 Å². The lowest BCUT2D eigenvalue weighted by molar-refractivity contribution is -0.146. The number of ether oxygens (including phenoxy) is 1. The van der Waals surface area contributed by atoms with Crippen molar-refractivity contribution in [3.63, 3.8) is 0 Å². The van der Waals surface area contributed by atoms with Crippen molar-refractivity contribution in [3.05, 3.63) is 12.7 Å². The van der Waals surface area contributed by atoms with Gasteiger partial charge in [-0.2, -0.15) is 0 Å². The lowest BCUT2D eigenvalue weighted by Crippen LogP contribution is -2.49. The first-order chi connectivity index (χ1) is 7.40. The van der Waals surface area contributed by atoms with E-state index in [4.69, 9.17) is 10.5 Å². The third-order valence-corrected chi connectivity index (χ3v) is 2.08. The molecule has 0 aromatic rings. The van der Waals surface area contributed by atoms with Crippen molar-refractivity contribution in [2.75, 3.05) is 6.61 Å². The van der Waals surface area contributed by atoms with E-state index < -0.39 is 18.1 Å². The average molecular weight is 228 g/mol. The van der Waals surface area contributed by atoms with E-state index in [1.165, 1.54) is 6.08 Å². The highest BCUT2D eigenvalue weighted by molar-refractivity contribution is 5.87. The summed E-state index contributed by atoms with van der Waals surface area (Å²) in [5.74, 6) is -0.821. The van der Waals surface area contributed by atoms with E-state index in [1.54, 1.807) is 6.92 Å². The molecule has 0 heterocycles. The standard InChI is InChI=1S/C11H20N2O3/c1-5-6-16-11(15)8(4)13-10(14)9(12)7(2)3/h5,7-9H,1,6,12H2,2-4H3,(H,13,14)/t8-,9-/m1/s1. The first-order valence-corrected chi connectivity index (χ1v) is 5.23. The van der Waals surface area contributed by atoms with E-state index in [0.717, 1.165) is 0 Å². The molecule has 92 valence electrons. The first-order valence-electron chi connectivity index (χ1n) is 5.23. The molecule has 0 aliphatic rings. The summed E-state index contributed by atoms with van der Waals surface area (Å²) in [6, 6.07) is -1.31. The summed E-state index contributed by atoms with van der Waals surface area (Å²) in [6.07, 6.45) is 1.46. The molecule has 0 fully saturated rings. The number of amides is 1. The van der Waals surface area contributed by atoms with Gasteiger partial charge < -0.3 is 15.8 Å². The molecule has 0 radical (unpaired) electrons. The van der Waals surface area contributed by atoms with Crippen LogP contribution in [0.5, 0.6) is 0 Å². The summed E-state index contributed by atoms with van der Waals surface area (Å²) in [6.45, 7) is 8.78. The van der Waals surface area contributed by atoms with Gasteiger partial charge in [-0.1, -0.05) is 26.5 Å². The van der Waals surface area contributed by atoms with Gasteiger partial charge in [0.1, 0.15) is 12.6 Å². The number of hydrogen-bond acceptors (Lipinski definition) is 4. The molecular weight excluding hydrogens is 208 g/mol. The summed E-state index contributed by atoms with van der Waals surface area (Å²) in [4.78, 5) is 22.8. The van der Waals surface area contributed by atoms with Crippen LogP contribution in [-0.4, -0.2) is 30.6 Å². The summed E-state index contributed by atoms with van der Waals surface area (Å²) < 4.78 is 4.78. The van der Waals surface area contributed by atoms with Gasteiger partial charge in [-0.3, -0.25) is 4.79 Å². The van der Waals surface area contributed by atoms with Crippen LogP contribution in [0.3, 0.4) is 0 Å². The molecule has 0 aromatic heterocycles. The molecule has 3 N–H and O–H groups in total. The number of esters is 1. The normalized spacial score (nSPS) is 14.1. The van der Waals surface area contributed by atoms with Crippen molar-refractivity contribution >= 4 is 11.9 Å². The molecule has 0 saturated heterocycles. The topological polar surface area (TPSA) is 81.4 Å². The van der Waals surface area contributed by atoms with E-state index in [-0.39, 0.29) is 18.4 Å². The Morgan fingerprint density at radius 3 is 2.44 bits per heavy atom. The molecule has 0 aromatic carbocycles. The number of rotatable bonds is 6. The first kappa shape index (κ1) is 14.6. The SMILES string of the molecule is C=CCOC(=O)[C@@H](C)NC(=O)[C@H](N)C(C)C. The largest absolute Gasteiger partial charge is 0.460 e. The highest BCUT2D eigenvalue weighted by Gasteiger charge is 2.22. The predicted octanol–water partition coefficient (Wildman–Crippen LogP) is 0.204. The summed E-state index contributed by atoms with van der Waals surface area (Å²) in [5, 5.41) is 2.50. The van der Waals surface area contributed by atoms with Gasteiger partial charge in [0.2, 0.25) is 5.91 Å². The van der Waals surface area contributed by atoms with E-state index in [0.29, 0.717) is 0 Å². The van der Waals surface area contributed by atoms with Crippen LogP contribution >= 0.6 is 0 Å². The van der Waals surface area contributed by atoms with Crippen LogP contribution in [0.15, 0.2) is 12.7 Å². The number of carbonyl (C=O) groups is 2. The molecule has 0 bridgehead atoms. The zero-order valence-corrected chi connectivity index (χ0v) is 10.0. The van der Waals surface area contributed by atoms with E-state index in [1.807, 2.05) is 13.8 Å². The zero-order valence-electron chi connectivity index (χ0n) is 10.0. The molecule has 16 heavy (non-hydrogen) atoms. The fourth-order valence-electron chi connectivity index (χ4n) is 0.937.